The van der Waals surface area contributed by atoms with E-state index in [4.69, 9.17) is 28.9 Å². The topological polar surface area (TPSA) is 75.0 Å². The maximum absolute atomic E-state index is 12.6. The average Bonchev–Trinajstić information content (AvgIpc) is 2.52. The van der Waals surface area contributed by atoms with Gasteiger partial charge >= 0.3 is 0 Å². The molecule has 0 amide bonds. The third-order valence-electron chi connectivity index (χ3n) is 4.50. The van der Waals surface area contributed by atoms with Crippen molar-refractivity contribution >= 4 is 29.0 Å². The quantitative estimate of drug-likeness (QED) is 0.854. The van der Waals surface area contributed by atoms with E-state index in [0.29, 0.717) is 15.6 Å². The van der Waals surface area contributed by atoms with Gasteiger partial charge in [-0.05, 0) is 32.8 Å². The van der Waals surface area contributed by atoms with Crippen LogP contribution in [0.25, 0.3) is 11.3 Å². The van der Waals surface area contributed by atoms with Crippen LogP contribution in [0.15, 0.2) is 23.0 Å². The number of piperidine rings is 1. The number of nitrogens with one attached hydrogen (secondary N) is 1. The van der Waals surface area contributed by atoms with Crippen molar-refractivity contribution in [2.75, 3.05) is 18.0 Å². The summed E-state index contributed by atoms with van der Waals surface area (Å²) in [7, 11) is 0. The second-order valence-electron chi connectivity index (χ2n) is 6.59. The molecule has 1 saturated heterocycles. The molecule has 128 valence electrons. The summed E-state index contributed by atoms with van der Waals surface area (Å²) in [4.78, 5) is 22.1. The van der Waals surface area contributed by atoms with Gasteiger partial charge in [0.15, 0.2) is 0 Å². The predicted molar refractivity (Wildman–Crippen MR) is 99.1 cm³/mol. The highest BCUT2D eigenvalue weighted by molar-refractivity contribution is 6.43. The first-order valence-corrected chi connectivity index (χ1v) is 8.63. The SMILES string of the molecule is Cc1nc(-c2cccc(Cl)c2Cl)c(=O)[nH]c1N1CCC(C)(N)CC1. The Balaban J connectivity index is 1.98. The lowest BCUT2D eigenvalue weighted by Gasteiger charge is -2.38. The van der Waals surface area contributed by atoms with Gasteiger partial charge in [-0.2, -0.15) is 0 Å². The van der Waals surface area contributed by atoms with Crippen LogP contribution in [0.4, 0.5) is 5.82 Å². The van der Waals surface area contributed by atoms with Crippen LogP contribution in [-0.4, -0.2) is 28.6 Å². The highest BCUT2D eigenvalue weighted by Gasteiger charge is 2.27. The van der Waals surface area contributed by atoms with E-state index in [-0.39, 0.29) is 16.8 Å². The van der Waals surface area contributed by atoms with E-state index in [1.54, 1.807) is 18.2 Å². The Kier molecular flexibility index (Phi) is 4.60. The normalized spacial score (nSPS) is 17.1. The summed E-state index contributed by atoms with van der Waals surface area (Å²) >= 11 is 12.3. The lowest BCUT2D eigenvalue weighted by atomic mass is 9.91. The Morgan fingerprint density at radius 2 is 1.96 bits per heavy atom. The zero-order valence-corrected chi connectivity index (χ0v) is 15.2. The van der Waals surface area contributed by atoms with Crippen LogP contribution < -0.4 is 16.2 Å². The average molecular weight is 367 g/mol. The Bertz CT molecular complexity index is 822. The Labute approximate surface area is 150 Å². The van der Waals surface area contributed by atoms with Crippen LogP contribution in [0.2, 0.25) is 10.0 Å². The molecule has 0 unspecified atom stereocenters. The number of hydrogen-bond donors (Lipinski definition) is 2. The summed E-state index contributed by atoms with van der Waals surface area (Å²) in [6, 6.07) is 5.17. The number of rotatable bonds is 2. The van der Waals surface area contributed by atoms with Crippen LogP contribution in [0, 0.1) is 6.92 Å². The third kappa shape index (κ3) is 3.29. The molecule has 5 nitrogen and oxygen atoms in total. The van der Waals surface area contributed by atoms with Gasteiger partial charge in [0.1, 0.15) is 11.5 Å². The largest absolute Gasteiger partial charge is 0.356 e. The molecule has 1 aliphatic heterocycles. The predicted octanol–water partition coefficient (Wildman–Crippen LogP) is 3.37. The van der Waals surface area contributed by atoms with E-state index in [1.165, 1.54) is 0 Å². The van der Waals surface area contributed by atoms with Crippen molar-refractivity contribution in [1.29, 1.82) is 0 Å². The molecule has 24 heavy (non-hydrogen) atoms. The number of nitrogens with two attached hydrogens (primary N) is 1. The van der Waals surface area contributed by atoms with Crippen molar-refractivity contribution < 1.29 is 0 Å². The fourth-order valence-electron chi connectivity index (χ4n) is 2.95. The molecule has 0 aliphatic carbocycles. The van der Waals surface area contributed by atoms with Crippen molar-refractivity contribution in [2.45, 2.75) is 32.2 Å². The van der Waals surface area contributed by atoms with Gasteiger partial charge in [-0.3, -0.25) is 4.79 Å². The first-order chi connectivity index (χ1) is 11.3. The number of aryl methyl sites for hydroxylation is 1. The molecule has 0 bridgehead atoms. The van der Waals surface area contributed by atoms with Gasteiger partial charge in [-0.15, -0.1) is 0 Å². The fourth-order valence-corrected chi connectivity index (χ4v) is 3.34. The Morgan fingerprint density at radius 1 is 1.29 bits per heavy atom. The zero-order chi connectivity index (χ0) is 17.5. The van der Waals surface area contributed by atoms with Crippen molar-refractivity contribution in [3.63, 3.8) is 0 Å². The van der Waals surface area contributed by atoms with Gasteiger partial charge in [0.25, 0.3) is 5.56 Å². The number of nitrogens with zero attached hydrogens (tertiary/aromatic N) is 2. The van der Waals surface area contributed by atoms with Crippen molar-refractivity contribution in [3.8, 4) is 11.3 Å². The molecule has 3 rings (SSSR count). The van der Waals surface area contributed by atoms with Crippen molar-refractivity contribution in [1.82, 2.24) is 9.97 Å². The summed E-state index contributed by atoms with van der Waals surface area (Å²) in [5.41, 5.74) is 7.32. The Hall–Kier alpha value is -1.56. The standard InChI is InChI=1S/C17H20Cl2N4O/c1-10-15(23-8-6-17(2,20)7-9-23)22-16(24)14(21-10)11-4-3-5-12(18)13(11)19/h3-5H,6-9,20H2,1-2H3,(H,22,24). The van der Waals surface area contributed by atoms with Crippen LogP contribution in [0.3, 0.4) is 0 Å². The van der Waals surface area contributed by atoms with Crippen LogP contribution >= 0.6 is 23.2 Å². The highest BCUT2D eigenvalue weighted by Crippen LogP contribution is 2.32. The third-order valence-corrected chi connectivity index (χ3v) is 5.32. The van der Waals surface area contributed by atoms with Gasteiger partial charge in [-0.25, -0.2) is 4.98 Å². The van der Waals surface area contributed by atoms with Gasteiger partial charge in [-0.1, -0.05) is 35.3 Å². The molecule has 7 heteroatoms. The second kappa shape index (κ2) is 6.39. The lowest BCUT2D eigenvalue weighted by molar-refractivity contribution is 0.362. The van der Waals surface area contributed by atoms with Gasteiger partial charge in [0, 0.05) is 24.2 Å². The van der Waals surface area contributed by atoms with E-state index in [2.05, 4.69) is 21.8 Å². The molecule has 0 spiro atoms. The van der Waals surface area contributed by atoms with Crippen molar-refractivity contribution in [3.05, 3.63) is 44.3 Å². The summed E-state index contributed by atoms with van der Waals surface area (Å²) in [6.07, 6.45) is 1.74. The number of hydrogen-bond acceptors (Lipinski definition) is 4. The van der Waals surface area contributed by atoms with E-state index in [9.17, 15) is 4.79 Å². The Morgan fingerprint density at radius 3 is 2.62 bits per heavy atom. The lowest BCUT2D eigenvalue weighted by Crippen LogP contribution is -2.49. The number of halogens is 2. The summed E-state index contributed by atoms with van der Waals surface area (Å²) < 4.78 is 0. The molecular weight excluding hydrogens is 347 g/mol. The van der Waals surface area contributed by atoms with E-state index in [1.807, 2.05) is 6.92 Å². The summed E-state index contributed by atoms with van der Waals surface area (Å²) in [5, 5.41) is 0.733. The minimum atomic E-state index is -0.277. The van der Waals surface area contributed by atoms with Crippen molar-refractivity contribution in [2.24, 2.45) is 5.73 Å². The van der Waals surface area contributed by atoms with Crippen LogP contribution in [0.1, 0.15) is 25.5 Å². The number of benzene rings is 1. The smallest absolute Gasteiger partial charge is 0.276 e. The summed E-state index contributed by atoms with van der Waals surface area (Å²) in [5.74, 6) is 0.748. The molecule has 3 N–H and O–H groups in total. The monoisotopic (exact) mass is 366 g/mol. The second-order valence-corrected chi connectivity index (χ2v) is 7.38. The molecule has 1 aromatic heterocycles. The fraction of sp³-hybridized carbons (Fsp3) is 0.412. The van der Waals surface area contributed by atoms with Gasteiger partial charge in [0.2, 0.25) is 0 Å². The molecule has 1 aliphatic rings. The summed E-state index contributed by atoms with van der Waals surface area (Å²) in [6.45, 7) is 5.53. The highest BCUT2D eigenvalue weighted by atomic mass is 35.5. The molecular formula is C17H20Cl2N4O. The molecule has 2 heterocycles. The molecule has 2 aromatic rings. The maximum atomic E-state index is 12.6. The molecule has 1 fully saturated rings. The first kappa shape index (κ1) is 17.3. The molecule has 0 radical (unpaired) electrons. The van der Waals surface area contributed by atoms with E-state index < -0.39 is 0 Å². The van der Waals surface area contributed by atoms with E-state index >= 15 is 0 Å². The van der Waals surface area contributed by atoms with Crippen LogP contribution in [0.5, 0.6) is 0 Å². The minimum absolute atomic E-state index is 0.146. The number of aromatic amines is 1. The number of H-pyrrole nitrogens is 1. The first-order valence-electron chi connectivity index (χ1n) is 7.88. The van der Waals surface area contributed by atoms with E-state index in [0.717, 1.165) is 37.4 Å². The number of aromatic nitrogens is 2. The molecule has 0 saturated carbocycles. The van der Waals surface area contributed by atoms with Gasteiger partial charge < -0.3 is 15.6 Å². The molecule has 0 atom stereocenters. The van der Waals surface area contributed by atoms with Crippen LogP contribution in [-0.2, 0) is 0 Å². The minimum Gasteiger partial charge on any atom is -0.356 e. The number of anilines is 1. The van der Waals surface area contributed by atoms with Gasteiger partial charge in [0.05, 0.1) is 15.7 Å². The molecule has 1 aromatic carbocycles. The maximum Gasteiger partial charge on any atom is 0.276 e. The zero-order valence-electron chi connectivity index (χ0n) is 13.7.